The molecule has 0 saturated heterocycles. The minimum atomic E-state index is 0.268. The standard InChI is InChI=1S/C13H11BrClNO/c14-10-4-5-12(15)13(7-10)16-8-9-2-1-3-11(17)6-9/h1-7,16-17H,8H2. The maximum Gasteiger partial charge on any atom is 0.115 e. The Labute approximate surface area is 113 Å². The summed E-state index contributed by atoms with van der Waals surface area (Å²) >= 11 is 9.46. The van der Waals surface area contributed by atoms with Crippen molar-refractivity contribution in [2.45, 2.75) is 6.54 Å². The molecule has 0 atom stereocenters. The average molecular weight is 313 g/mol. The number of hydrogen-bond acceptors (Lipinski definition) is 2. The minimum Gasteiger partial charge on any atom is -0.508 e. The van der Waals surface area contributed by atoms with Crippen molar-refractivity contribution >= 4 is 33.2 Å². The van der Waals surface area contributed by atoms with Crippen LogP contribution in [0.2, 0.25) is 5.02 Å². The Morgan fingerprint density at radius 3 is 2.76 bits per heavy atom. The molecule has 2 aromatic carbocycles. The van der Waals surface area contributed by atoms with Crippen LogP contribution in [-0.4, -0.2) is 5.11 Å². The van der Waals surface area contributed by atoms with Crippen LogP contribution in [0.1, 0.15) is 5.56 Å². The SMILES string of the molecule is Oc1cccc(CNc2cc(Br)ccc2Cl)c1. The molecular formula is C13H11BrClNO. The lowest BCUT2D eigenvalue weighted by molar-refractivity contribution is 0.474. The van der Waals surface area contributed by atoms with Crippen LogP contribution in [0, 0.1) is 0 Å². The highest BCUT2D eigenvalue weighted by Gasteiger charge is 2.01. The van der Waals surface area contributed by atoms with E-state index in [-0.39, 0.29) is 5.75 Å². The van der Waals surface area contributed by atoms with Crippen molar-refractivity contribution in [3.63, 3.8) is 0 Å². The molecule has 4 heteroatoms. The fourth-order valence-electron chi connectivity index (χ4n) is 1.50. The third-order valence-corrected chi connectivity index (χ3v) is 3.14. The molecule has 0 aliphatic carbocycles. The van der Waals surface area contributed by atoms with Crippen LogP contribution in [0.25, 0.3) is 0 Å². The Balaban J connectivity index is 2.09. The fraction of sp³-hybridized carbons (Fsp3) is 0.0769. The summed E-state index contributed by atoms with van der Waals surface area (Å²) in [7, 11) is 0. The molecule has 0 radical (unpaired) electrons. The predicted molar refractivity (Wildman–Crippen MR) is 74.6 cm³/mol. The van der Waals surface area contributed by atoms with Gasteiger partial charge in [-0.1, -0.05) is 39.7 Å². The summed E-state index contributed by atoms with van der Waals surface area (Å²) in [5.74, 6) is 0.268. The number of aromatic hydroxyl groups is 1. The summed E-state index contributed by atoms with van der Waals surface area (Å²) in [5, 5.41) is 13.2. The van der Waals surface area contributed by atoms with E-state index in [0.717, 1.165) is 15.7 Å². The van der Waals surface area contributed by atoms with Gasteiger partial charge in [0.1, 0.15) is 5.75 Å². The normalized spacial score (nSPS) is 10.2. The summed E-state index contributed by atoms with van der Waals surface area (Å²) in [6, 6.07) is 12.8. The number of anilines is 1. The first-order chi connectivity index (χ1) is 8.15. The maximum absolute atomic E-state index is 9.35. The van der Waals surface area contributed by atoms with Crippen LogP contribution in [0.5, 0.6) is 5.75 Å². The number of phenolic OH excluding ortho intramolecular Hbond substituents is 1. The summed E-state index contributed by atoms with van der Waals surface area (Å²) < 4.78 is 0.973. The van der Waals surface area contributed by atoms with Crippen molar-refractivity contribution in [2.24, 2.45) is 0 Å². The van der Waals surface area contributed by atoms with Gasteiger partial charge in [-0.25, -0.2) is 0 Å². The fourth-order valence-corrected chi connectivity index (χ4v) is 2.04. The van der Waals surface area contributed by atoms with E-state index < -0.39 is 0 Å². The number of hydrogen-bond donors (Lipinski definition) is 2. The minimum absolute atomic E-state index is 0.268. The van der Waals surface area contributed by atoms with Gasteiger partial charge >= 0.3 is 0 Å². The molecule has 2 aromatic rings. The van der Waals surface area contributed by atoms with Crippen molar-refractivity contribution in [1.29, 1.82) is 0 Å². The molecular weight excluding hydrogens is 302 g/mol. The molecule has 2 rings (SSSR count). The smallest absolute Gasteiger partial charge is 0.115 e. The molecule has 88 valence electrons. The number of phenols is 1. The summed E-state index contributed by atoms with van der Waals surface area (Å²) in [5.41, 5.74) is 1.87. The number of benzene rings is 2. The Hall–Kier alpha value is -1.19. The van der Waals surface area contributed by atoms with E-state index in [4.69, 9.17) is 11.6 Å². The molecule has 0 unspecified atom stereocenters. The molecule has 17 heavy (non-hydrogen) atoms. The van der Waals surface area contributed by atoms with Gasteiger partial charge in [-0.05, 0) is 35.9 Å². The molecule has 0 spiro atoms. The van der Waals surface area contributed by atoms with Crippen LogP contribution in [-0.2, 0) is 6.54 Å². The highest BCUT2D eigenvalue weighted by molar-refractivity contribution is 9.10. The molecule has 2 N–H and O–H groups in total. The predicted octanol–water partition coefficient (Wildman–Crippen LogP) is 4.42. The van der Waals surface area contributed by atoms with Crippen molar-refractivity contribution in [3.05, 3.63) is 57.5 Å². The highest BCUT2D eigenvalue weighted by Crippen LogP contribution is 2.26. The molecule has 0 fully saturated rings. The van der Waals surface area contributed by atoms with Gasteiger partial charge in [0.25, 0.3) is 0 Å². The first-order valence-corrected chi connectivity index (χ1v) is 6.29. The highest BCUT2D eigenvalue weighted by atomic mass is 79.9. The molecule has 0 aliphatic rings. The van der Waals surface area contributed by atoms with Crippen molar-refractivity contribution < 1.29 is 5.11 Å². The van der Waals surface area contributed by atoms with E-state index in [1.165, 1.54) is 0 Å². The lowest BCUT2D eigenvalue weighted by Gasteiger charge is -2.09. The van der Waals surface area contributed by atoms with Gasteiger partial charge in [0.2, 0.25) is 0 Å². The van der Waals surface area contributed by atoms with Crippen LogP contribution in [0.4, 0.5) is 5.69 Å². The molecule has 0 heterocycles. The lowest BCUT2D eigenvalue weighted by atomic mass is 10.2. The number of rotatable bonds is 3. The van der Waals surface area contributed by atoms with E-state index in [2.05, 4.69) is 21.2 Å². The number of nitrogens with one attached hydrogen (secondary N) is 1. The Kier molecular flexibility index (Phi) is 3.92. The van der Waals surface area contributed by atoms with E-state index in [1.54, 1.807) is 12.1 Å². The van der Waals surface area contributed by atoms with Crippen molar-refractivity contribution in [1.82, 2.24) is 0 Å². The van der Waals surface area contributed by atoms with Crippen LogP contribution < -0.4 is 5.32 Å². The van der Waals surface area contributed by atoms with Gasteiger partial charge < -0.3 is 10.4 Å². The van der Waals surface area contributed by atoms with Gasteiger partial charge in [0.05, 0.1) is 10.7 Å². The molecule has 0 saturated carbocycles. The first-order valence-electron chi connectivity index (χ1n) is 5.12. The first kappa shape index (κ1) is 12.3. The molecule has 0 amide bonds. The maximum atomic E-state index is 9.35. The molecule has 2 nitrogen and oxygen atoms in total. The second kappa shape index (κ2) is 5.43. The van der Waals surface area contributed by atoms with E-state index >= 15 is 0 Å². The summed E-state index contributed by atoms with van der Waals surface area (Å²) in [6.07, 6.45) is 0. The zero-order valence-corrected chi connectivity index (χ0v) is 11.3. The van der Waals surface area contributed by atoms with Crippen LogP contribution >= 0.6 is 27.5 Å². The summed E-state index contributed by atoms with van der Waals surface area (Å²) in [4.78, 5) is 0. The zero-order valence-electron chi connectivity index (χ0n) is 8.95. The van der Waals surface area contributed by atoms with Gasteiger partial charge in [-0.15, -0.1) is 0 Å². The average Bonchev–Trinajstić information content (AvgIpc) is 2.30. The second-order valence-corrected chi connectivity index (χ2v) is 4.97. The quantitative estimate of drug-likeness (QED) is 0.879. The van der Waals surface area contributed by atoms with Crippen molar-refractivity contribution in [2.75, 3.05) is 5.32 Å². The van der Waals surface area contributed by atoms with Crippen LogP contribution in [0.15, 0.2) is 46.9 Å². The van der Waals surface area contributed by atoms with E-state index in [1.807, 2.05) is 30.3 Å². The number of halogens is 2. The largest absolute Gasteiger partial charge is 0.508 e. The second-order valence-electron chi connectivity index (χ2n) is 3.65. The molecule has 0 bridgehead atoms. The Morgan fingerprint density at radius 1 is 1.18 bits per heavy atom. The molecule has 0 aromatic heterocycles. The third kappa shape index (κ3) is 3.38. The van der Waals surface area contributed by atoms with Gasteiger partial charge in [0, 0.05) is 11.0 Å². The topological polar surface area (TPSA) is 32.3 Å². The van der Waals surface area contributed by atoms with Gasteiger partial charge in [-0.3, -0.25) is 0 Å². The van der Waals surface area contributed by atoms with E-state index in [0.29, 0.717) is 11.6 Å². The Bertz CT molecular complexity index is 531. The third-order valence-electron chi connectivity index (χ3n) is 2.32. The van der Waals surface area contributed by atoms with Crippen LogP contribution in [0.3, 0.4) is 0 Å². The Morgan fingerprint density at radius 2 is 2.00 bits per heavy atom. The molecule has 0 aliphatic heterocycles. The van der Waals surface area contributed by atoms with Gasteiger partial charge in [0.15, 0.2) is 0 Å². The monoisotopic (exact) mass is 311 g/mol. The summed E-state index contributed by atoms with van der Waals surface area (Å²) in [6.45, 7) is 0.616. The van der Waals surface area contributed by atoms with Crippen molar-refractivity contribution in [3.8, 4) is 5.75 Å². The lowest BCUT2D eigenvalue weighted by Crippen LogP contribution is -1.99. The van der Waals surface area contributed by atoms with Gasteiger partial charge in [-0.2, -0.15) is 0 Å². The zero-order chi connectivity index (χ0) is 12.3. The van der Waals surface area contributed by atoms with E-state index in [9.17, 15) is 5.11 Å².